The van der Waals surface area contributed by atoms with Gasteiger partial charge in [-0.1, -0.05) is 0 Å². The summed E-state index contributed by atoms with van der Waals surface area (Å²) >= 11 is 0. The molecule has 0 aliphatic heterocycles. The Morgan fingerprint density at radius 3 is 2.57 bits per heavy atom. The molecule has 0 spiro atoms. The molecule has 0 fully saturated rings. The zero-order valence-electron chi connectivity index (χ0n) is 12.7. The highest BCUT2D eigenvalue weighted by atomic mass is 16.5. The normalized spacial score (nSPS) is 10.3. The molecule has 3 aromatic rings. The first-order valence-corrected chi connectivity index (χ1v) is 6.97. The van der Waals surface area contributed by atoms with Crippen molar-refractivity contribution in [1.29, 1.82) is 0 Å². The Labute approximate surface area is 132 Å². The molecule has 0 atom stereocenters. The van der Waals surface area contributed by atoms with Gasteiger partial charge in [-0.15, -0.1) is 5.10 Å². The monoisotopic (exact) mass is 309 g/mol. The summed E-state index contributed by atoms with van der Waals surface area (Å²) in [5, 5.41) is 14.0. The molecule has 0 radical (unpaired) electrons. The lowest BCUT2D eigenvalue weighted by atomic mass is 10.1. The Morgan fingerprint density at radius 2 is 1.96 bits per heavy atom. The van der Waals surface area contributed by atoms with E-state index in [1.54, 1.807) is 36.1 Å². The zero-order chi connectivity index (χ0) is 16.2. The Bertz CT molecular complexity index is 813. The number of hydrogen-bond acceptors (Lipinski definition) is 5. The Balaban J connectivity index is 1.77. The lowest BCUT2D eigenvalue weighted by Crippen LogP contribution is -2.12. The molecule has 1 amide bonds. The van der Waals surface area contributed by atoms with Crippen molar-refractivity contribution in [2.75, 3.05) is 12.4 Å². The van der Waals surface area contributed by atoms with Crippen LogP contribution in [0.1, 0.15) is 15.9 Å². The number of nitrogens with one attached hydrogen (secondary N) is 1. The molecule has 0 bridgehead atoms. The maximum Gasteiger partial charge on any atom is 0.255 e. The molecule has 1 aromatic heterocycles. The highest BCUT2D eigenvalue weighted by Crippen LogP contribution is 2.19. The number of rotatable bonds is 4. The Kier molecular flexibility index (Phi) is 4.01. The molecule has 0 aliphatic rings. The highest BCUT2D eigenvalue weighted by Gasteiger charge is 2.08. The summed E-state index contributed by atoms with van der Waals surface area (Å²) in [5.74, 6) is 0.533. The molecule has 7 heteroatoms. The minimum Gasteiger partial charge on any atom is -0.497 e. The summed E-state index contributed by atoms with van der Waals surface area (Å²) in [5.41, 5.74) is 3.08. The fourth-order valence-corrected chi connectivity index (χ4v) is 2.21. The number of aryl methyl sites for hydroxylation is 1. The van der Waals surface area contributed by atoms with Gasteiger partial charge in [0.15, 0.2) is 0 Å². The van der Waals surface area contributed by atoms with E-state index in [2.05, 4.69) is 20.8 Å². The van der Waals surface area contributed by atoms with Gasteiger partial charge in [0.2, 0.25) is 0 Å². The molecular weight excluding hydrogens is 294 g/mol. The van der Waals surface area contributed by atoms with Crippen LogP contribution >= 0.6 is 0 Å². The molecule has 3 rings (SSSR count). The molecule has 0 saturated carbocycles. The van der Waals surface area contributed by atoms with E-state index in [1.807, 2.05) is 25.1 Å². The third-order valence-electron chi connectivity index (χ3n) is 3.40. The lowest BCUT2D eigenvalue weighted by molar-refractivity contribution is 0.102. The number of benzene rings is 2. The van der Waals surface area contributed by atoms with Crippen LogP contribution in [-0.4, -0.2) is 33.2 Å². The lowest BCUT2D eigenvalue weighted by Gasteiger charge is -2.09. The largest absolute Gasteiger partial charge is 0.497 e. The summed E-state index contributed by atoms with van der Waals surface area (Å²) < 4.78 is 6.66. The van der Waals surface area contributed by atoms with Crippen LogP contribution in [0.25, 0.3) is 5.69 Å². The maximum absolute atomic E-state index is 12.2. The number of ether oxygens (including phenoxy) is 1. The van der Waals surface area contributed by atoms with E-state index < -0.39 is 0 Å². The zero-order valence-corrected chi connectivity index (χ0v) is 12.7. The molecule has 2 aromatic carbocycles. The summed E-state index contributed by atoms with van der Waals surface area (Å²) in [4.78, 5) is 12.2. The van der Waals surface area contributed by atoms with Gasteiger partial charge in [-0.25, -0.2) is 4.68 Å². The van der Waals surface area contributed by atoms with Crippen LogP contribution in [0.2, 0.25) is 0 Å². The van der Waals surface area contributed by atoms with Gasteiger partial charge in [0.1, 0.15) is 12.1 Å². The first-order chi connectivity index (χ1) is 11.2. The maximum atomic E-state index is 12.2. The van der Waals surface area contributed by atoms with Gasteiger partial charge < -0.3 is 10.1 Å². The highest BCUT2D eigenvalue weighted by molar-refractivity contribution is 6.04. The fourth-order valence-electron chi connectivity index (χ4n) is 2.21. The summed E-state index contributed by atoms with van der Waals surface area (Å²) in [6.07, 6.45) is 1.53. The molecule has 0 saturated heterocycles. The number of hydrogen-bond donors (Lipinski definition) is 1. The van der Waals surface area contributed by atoms with Gasteiger partial charge >= 0.3 is 0 Å². The van der Waals surface area contributed by atoms with Crippen molar-refractivity contribution in [2.45, 2.75) is 6.92 Å². The number of amides is 1. The van der Waals surface area contributed by atoms with E-state index in [9.17, 15) is 4.79 Å². The van der Waals surface area contributed by atoms with Crippen LogP contribution in [0.4, 0.5) is 5.69 Å². The van der Waals surface area contributed by atoms with Crippen LogP contribution in [0.5, 0.6) is 5.75 Å². The number of nitrogens with zero attached hydrogens (tertiary/aromatic N) is 4. The van der Waals surface area contributed by atoms with E-state index in [0.717, 1.165) is 11.3 Å². The van der Waals surface area contributed by atoms with E-state index in [1.165, 1.54) is 6.33 Å². The second-order valence-electron chi connectivity index (χ2n) is 4.94. The van der Waals surface area contributed by atoms with Crippen molar-refractivity contribution >= 4 is 11.6 Å². The first kappa shape index (κ1) is 14.7. The second-order valence-corrected chi connectivity index (χ2v) is 4.94. The minimum atomic E-state index is -0.178. The van der Waals surface area contributed by atoms with Crippen molar-refractivity contribution < 1.29 is 9.53 Å². The number of tetrazole rings is 1. The number of anilines is 1. The molecule has 1 heterocycles. The van der Waals surface area contributed by atoms with Gasteiger partial charge in [-0.3, -0.25) is 4.79 Å². The number of carbonyl (C=O) groups is 1. The molecular formula is C16H15N5O2. The van der Waals surface area contributed by atoms with E-state index >= 15 is 0 Å². The SMILES string of the molecule is COc1ccc(C(=O)Nc2ccc(-n3cnnn3)c(C)c2)cc1. The minimum absolute atomic E-state index is 0.178. The van der Waals surface area contributed by atoms with Gasteiger partial charge in [0.25, 0.3) is 5.91 Å². The molecule has 116 valence electrons. The number of aromatic nitrogens is 4. The van der Waals surface area contributed by atoms with Crippen molar-refractivity contribution in [3.8, 4) is 11.4 Å². The summed E-state index contributed by atoms with van der Waals surface area (Å²) in [6.45, 7) is 1.93. The topological polar surface area (TPSA) is 81.9 Å². The molecule has 1 N–H and O–H groups in total. The number of carbonyl (C=O) groups excluding carboxylic acids is 1. The predicted molar refractivity (Wildman–Crippen MR) is 84.8 cm³/mol. The van der Waals surface area contributed by atoms with Crippen LogP contribution in [0.15, 0.2) is 48.8 Å². The van der Waals surface area contributed by atoms with Crippen LogP contribution in [-0.2, 0) is 0 Å². The smallest absolute Gasteiger partial charge is 0.255 e. The Hall–Kier alpha value is -3.22. The van der Waals surface area contributed by atoms with E-state index in [-0.39, 0.29) is 5.91 Å². The quantitative estimate of drug-likeness (QED) is 0.799. The van der Waals surface area contributed by atoms with E-state index in [0.29, 0.717) is 17.0 Å². The van der Waals surface area contributed by atoms with Gasteiger partial charge in [0.05, 0.1) is 12.8 Å². The summed E-state index contributed by atoms with van der Waals surface area (Å²) in [7, 11) is 1.59. The summed E-state index contributed by atoms with van der Waals surface area (Å²) in [6, 6.07) is 12.5. The van der Waals surface area contributed by atoms with Crippen LogP contribution < -0.4 is 10.1 Å². The average Bonchev–Trinajstić information content (AvgIpc) is 3.09. The van der Waals surface area contributed by atoms with Crippen molar-refractivity contribution in [2.24, 2.45) is 0 Å². The third kappa shape index (κ3) is 3.18. The molecule has 7 nitrogen and oxygen atoms in total. The van der Waals surface area contributed by atoms with Crippen molar-refractivity contribution in [3.63, 3.8) is 0 Å². The fraction of sp³-hybridized carbons (Fsp3) is 0.125. The van der Waals surface area contributed by atoms with Crippen molar-refractivity contribution in [3.05, 3.63) is 59.9 Å². The van der Waals surface area contributed by atoms with Crippen LogP contribution in [0, 0.1) is 6.92 Å². The van der Waals surface area contributed by atoms with Gasteiger partial charge in [-0.2, -0.15) is 0 Å². The molecule has 0 unspecified atom stereocenters. The predicted octanol–water partition coefficient (Wildman–Crippen LogP) is 2.23. The van der Waals surface area contributed by atoms with Gasteiger partial charge in [-0.05, 0) is 65.4 Å². The third-order valence-corrected chi connectivity index (χ3v) is 3.40. The van der Waals surface area contributed by atoms with E-state index in [4.69, 9.17) is 4.74 Å². The van der Waals surface area contributed by atoms with Gasteiger partial charge in [0, 0.05) is 11.3 Å². The average molecular weight is 309 g/mol. The first-order valence-electron chi connectivity index (χ1n) is 6.97. The molecule has 23 heavy (non-hydrogen) atoms. The van der Waals surface area contributed by atoms with Crippen molar-refractivity contribution in [1.82, 2.24) is 20.2 Å². The van der Waals surface area contributed by atoms with Crippen LogP contribution in [0.3, 0.4) is 0 Å². The standard InChI is InChI=1S/C16H15N5O2/c1-11-9-13(5-8-15(11)21-10-17-19-20-21)18-16(22)12-3-6-14(23-2)7-4-12/h3-10H,1-2H3,(H,18,22). The number of methoxy groups -OCH3 is 1. The molecule has 0 aliphatic carbocycles. The Morgan fingerprint density at radius 1 is 1.17 bits per heavy atom. The second kappa shape index (κ2) is 6.27.